The molecule has 2 aromatic carbocycles. The minimum absolute atomic E-state index is 0.233. The van der Waals surface area contributed by atoms with Crippen LogP contribution < -0.4 is 16.6 Å². The van der Waals surface area contributed by atoms with Gasteiger partial charge in [0.25, 0.3) is 5.56 Å². The van der Waals surface area contributed by atoms with Gasteiger partial charge in [-0.2, -0.15) is 0 Å². The summed E-state index contributed by atoms with van der Waals surface area (Å²) in [5.41, 5.74) is 3.41. The van der Waals surface area contributed by atoms with Gasteiger partial charge in [0, 0.05) is 5.69 Å². The fourth-order valence-corrected chi connectivity index (χ4v) is 5.05. The van der Waals surface area contributed by atoms with E-state index in [1.165, 1.54) is 27.7 Å². The molecule has 0 atom stereocenters. The van der Waals surface area contributed by atoms with Crippen LogP contribution in [0.5, 0.6) is 0 Å². The minimum Gasteiger partial charge on any atom is -0.324 e. The van der Waals surface area contributed by atoms with E-state index in [-0.39, 0.29) is 18.1 Å². The lowest BCUT2D eigenvalue weighted by molar-refractivity contribution is -0.116. The van der Waals surface area contributed by atoms with Crippen LogP contribution in [-0.4, -0.2) is 26.3 Å². The van der Waals surface area contributed by atoms with E-state index in [2.05, 4.69) is 10.3 Å². The van der Waals surface area contributed by atoms with Crippen molar-refractivity contribution >= 4 is 45.0 Å². The maximum atomic E-state index is 13.5. The maximum absolute atomic E-state index is 13.5. The molecule has 0 radical (unpaired) electrons. The topological polar surface area (TPSA) is 86.0 Å². The first-order valence-electron chi connectivity index (χ1n) is 10.5. The molecule has 0 saturated heterocycles. The quantitative estimate of drug-likeness (QED) is 0.419. The Labute approximate surface area is 199 Å². The van der Waals surface area contributed by atoms with Crippen LogP contribution in [0.3, 0.4) is 0 Å². The van der Waals surface area contributed by atoms with Gasteiger partial charge in [-0.25, -0.2) is 14.3 Å². The molecule has 1 N–H and O–H groups in total. The molecule has 0 fully saturated rings. The third kappa shape index (κ3) is 4.51. The average Bonchev–Trinajstić information content (AvgIpc) is 3.24. The van der Waals surface area contributed by atoms with E-state index in [0.29, 0.717) is 20.4 Å². The monoisotopic (exact) mass is 480 g/mol. The third-order valence-corrected chi connectivity index (χ3v) is 7.43. The van der Waals surface area contributed by atoms with Crippen LogP contribution in [0.2, 0.25) is 0 Å². The van der Waals surface area contributed by atoms with Crippen LogP contribution in [0.25, 0.3) is 16.0 Å². The van der Waals surface area contributed by atoms with E-state index >= 15 is 0 Å². The number of rotatable bonds is 6. The maximum Gasteiger partial charge on any atom is 0.337 e. The van der Waals surface area contributed by atoms with Crippen LogP contribution in [0.4, 0.5) is 5.69 Å². The number of amides is 1. The first-order chi connectivity index (χ1) is 15.8. The largest absolute Gasteiger partial charge is 0.337 e. The Balaban J connectivity index is 1.83. The van der Waals surface area contributed by atoms with Crippen molar-refractivity contribution in [3.05, 3.63) is 80.0 Å². The summed E-state index contributed by atoms with van der Waals surface area (Å²) in [6, 6.07) is 13.1. The molecule has 4 aromatic rings. The van der Waals surface area contributed by atoms with Crippen molar-refractivity contribution in [1.82, 2.24) is 14.1 Å². The molecular formula is C24H24N4O3S2. The van der Waals surface area contributed by atoms with Gasteiger partial charge in [-0.15, -0.1) is 11.3 Å². The molecule has 0 unspecified atom stereocenters. The van der Waals surface area contributed by atoms with Gasteiger partial charge < -0.3 is 5.32 Å². The van der Waals surface area contributed by atoms with Gasteiger partial charge in [0.05, 0.1) is 5.69 Å². The second-order valence-corrected chi connectivity index (χ2v) is 9.78. The van der Waals surface area contributed by atoms with Crippen molar-refractivity contribution < 1.29 is 4.79 Å². The van der Waals surface area contributed by atoms with E-state index in [9.17, 15) is 14.4 Å². The van der Waals surface area contributed by atoms with E-state index in [4.69, 9.17) is 0 Å². The molecular weight excluding hydrogens is 456 g/mol. The second-order valence-electron chi connectivity index (χ2n) is 7.73. The van der Waals surface area contributed by atoms with Crippen LogP contribution in [0.1, 0.15) is 23.6 Å². The normalized spacial score (nSPS) is 11.2. The van der Waals surface area contributed by atoms with E-state index in [0.717, 1.165) is 27.7 Å². The highest BCUT2D eigenvalue weighted by Crippen LogP contribution is 2.25. The Hall–Kier alpha value is -3.17. The Morgan fingerprint density at radius 1 is 1.12 bits per heavy atom. The SMILES string of the molecule is CCc1ccc(-n2c(=O)c3sc(SC)nc3n(CC(=O)Nc3cc(C)ccc3C)c2=O)cc1. The molecule has 9 heteroatoms. The fourth-order valence-electron chi connectivity index (χ4n) is 3.56. The molecule has 2 aromatic heterocycles. The standard InChI is InChI=1S/C24H24N4O3S2/c1-5-16-8-10-17(11-9-16)28-22(30)20-21(26-23(32-4)33-20)27(24(28)31)13-19(29)25-18-12-14(2)6-7-15(18)3/h6-12H,5,13H2,1-4H3,(H,25,29). The van der Waals surface area contributed by atoms with Gasteiger partial charge in [0.15, 0.2) is 9.99 Å². The number of anilines is 1. The number of nitrogens with zero attached hydrogens (tertiary/aromatic N) is 3. The number of aryl methyl sites for hydroxylation is 3. The predicted molar refractivity (Wildman–Crippen MR) is 135 cm³/mol. The Morgan fingerprint density at radius 3 is 2.52 bits per heavy atom. The number of hydrogen-bond acceptors (Lipinski definition) is 6. The Bertz CT molecular complexity index is 1470. The number of thioether (sulfide) groups is 1. The van der Waals surface area contributed by atoms with Crippen molar-refractivity contribution in [2.24, 2.45) is 0 Å². The van der Waals surface area contributed by atoms with Gasteiger partial charge in [-0.05, 0) is 61.4 Å². The highest BCUT2D eigenvalue weighted by atomic mass is 32.2. The molecule has 0 aliphatic carbocycles. The van der Waals surface area contributed by atoms with Crippen LogP contribution in [-0.2, 0) is 17.8 Å². The number of aromatic nitrogens is 3. The zero-order valence-electron chi connectivity index (χ0n) is 18.8. The molecule has 0 saturated carbocycles. The Kier molecular flexibility index (Phi) is 6.53. The third-order valence-electron chi connectivity index (χ3n) is 5.41. The lowest BCUT2D eigenvalue weighted by atomic mass is 10.1. The number of carbonyl (C=O) groups is 1. The van der Waals surface area contributed by atoms with Crippen molar-refractivity contribution in [3.8, 4) is 5.69 Å². The Morgan fingerprint density at radius 2 is 1.85 bits per heavy atom. The molecule has 0 spiro atoms. The summed E-state index contributed by atoms with van der Waals surface area (Å²) in [5.74, 6) is -0.364. The van der Waals surface area contributed by atoms with Gasteiger partial charge in [-0.1, -0.05) is 43.0 Å². The number of hydrogen-bond donors (Lipinski definition) is 1. The van der Waals surface area contributed by atoms with Gasteiger partial charge in [0.1, 0.15) is 11.2 Å². The predicted octanol–water partition coefficient (Wildman–Crippen LogP) is 4.15. The highest BCUT2D eigenvalue weighted by Gasteiger charge is 2.20. The number of carbonyl (C=O) groups excluding carboxylic acids is 1. The summed E-state index contributed by atoms with van der Waals surface area (Å²) >= 11 is 2.62. The number of thiazole rings is 1. The first-order valence-corrected chi connectivity index (χ1v) is 12.5. The number of fused-ring (bicyclic) bond motifs is 1. The van der Waals surface area contributed by atoms with Crippen LogP contribution in [0.15, 0.2) is 56.4 Å². The molecule has 4 rings (SSSR count). The highest BCUT2D eigenvalue weighted by molar-refractivity contribution is 8.00. The summed E-state index contributed by atoms with van der Waals surface area (Å²) in [4.78, 5) is 44.1. The molecule has 1 amide bonds. The first kappa shape index (κ1) is 23.0. The molecule has 0 aliphatic heterocycles. The lowest BCUT2D eigenvalue weighted by Gasteiger charge is -2.13. The molecule has 33 heavy (non-hydrogen) atoms. The van der Waals surface area contributed by atoms with E-state index in [1.807, 2.05) is 57.4 Å². The summed E-state index contributed by atoms with van der Waals surface area (Å²) in [7, 11) is 0. The second kappa shape index (κ2) is 9.36. The van der Waals surface area contributed by atoms with Crippen molar-refractivity contribution in [2.75, 3.05) is 11.6 Å². The fraction of sp³-hybridized carbons (Fsp3) is 0.250. The minimum atomic E-state index is -0.592. The summed E-state index contributed by atoms with van der Waals surface area (Å²) in [6.07, 6.45) is 2.71. The molecule has 7 nitrogen and oxygen atoms in total. The summed E-state index contributed by atoms with van der Waals surface area (Å²) < 4.78 is 3.40. The van der Waals surface area contributed by atoms with Crippen LogP contribution in [0, 0.1) is 13.8 Å². The average molecular weight is 481 g/mol. The number of benzene rings is 2. The van der Waals surface area contributed by atoms with Gasteiger partial charge in [0.2, 0.25) is 5.91 Å². The van der Waals surface area contributed by atoms with E-state index < -0.39 is 11.2 Å². The zero-order chi connectivity index (χ0) is 23.7. The summed E-state index contributed by atoms with van der Waals surface area (Å²) in [6.45, 7) is 5.64. The molecule has 0 aliphatic rings. The number of nitrogens with one attached hydrogen (secondary N) is 1. The summed E-state index contributed by atoms with van der Waals surface area (Å²) in [5, 5.41) is 2.89. The zero-order valence-corrected chi connectivity index (χ0v) is 20.5. The van der Waals surface area contributed by atoms with E-state index in [1.54, 1.807) is 12.1 Å². The van der Waals surface area contributed by atoms with Crippen molar-refractivity contribution in [1.29, 1.82) is 0 Å². The molecule has 170 valence electrons. The molecule has 0 bridgehead atoms. The molecule has 2 heterocycles. The smallest absolute Gasteiger partial charge is 0.324 e. The van der Waals surface area contributed by atoms with Crippen LogP contribution >= 0.6 is 23.1 Å². The van der Waals surface area contributed by atoms with Gasteiger partial charge >= 0.3 is 5.69 Å². The van der Waals surface area contributed by atoms with Crippen molar-refractivity contribution in [3.63, 3.8) is 0 Å². The van der Waals surface area contributed by atoms with Crippen molar-refractivity contribution in [2.45, 2.75) is 38.1 Å². The lowest BCUT2D eigenvalue weighted by Crippen LogP contribution is -2.40. The van der Waals surface area contributed by atoms with Gasteiger partial charge in [-0.3, -0.25) is 14.2 Å².